The average Bonchev–Trinajstić information content (AvgIpc) is 1.88. The molecule has 0 aromatic heterocycles. The van der Waals surface area contributed by atoms with Crippen LogP contribution in [-0.2, 0) is 4.79 Å². The van der Waals surface area contributed by atoms with E-state index in [2.05, 4.69) is 0 Å². The maximum absolute atomic E-state index is 10.2. The number of hydrogen-bond acceptors (Lipinski definition) is 2. The van der Waals surface area contributed by atoms with Crippen LogP contribution in [0.4, 0.5) is 0 Å². The van der Waals surface area contributed by atoms with Gasteiger partial charge in [-0.3, -0.25) is 9.69 Å². The zero-order chi connectivity index (χ0) is 7.40. The van der Waals surface area contributed by atoms with Crippen LogP contribution in [-0.4, -0.2) is 35.6 Å². The van der Waals surface area contributed by atoms with E-state index >= 15 is 0 Å². The van der Waals surface area contributed by atoms with Crippen LogP contribution in [0, 0.1) is 0 Å². The van der Waals surface area contributed by atoms with Crippen molar-refractivity contribution in [1.29, 1.82) is 0 Å². The molecule has 0 bridgehead atoms. The molecule has 1 aliphatic heterocycles. The van der Waals surface area contributed by atoms with Gasteiger partial charge in [-0.25, -0.2) is 0 Å². The van der Waals surface area contributed by atoms with Gasteiger partial charge in [0.15, 0.2) is 0 Å². The van der Waals surface area contributed by atoms with Crippen LogP contribution in [0.15, 0.2) is 0 Å². The fourth-order valence-corrected chi connectivity index (χ4v) is 1.31. The van der Waals surface area contributed by atoms with Crippen molar-refractivity contribution in [3.8, 4) is 0 Å². The zero-order valence-electron chi connectivity index (χ0n) is 7.05. The summed E-state index contributed by atoms with van der Waals surface area (Å²) >= 11 is 0. The Kier molecular flexibility index (Phi) is 6.24. The number of nitrogens with zero attached hydrogens (tertiary/aromatic N) is 1. The molecule has 1 rings (SSSR count). The van der Waals surface area contributed by atoms with E-state index in [9.17, 15) is 4.79 Å². The predicted molar refractivity (Wildman–Crippen MR) is 37.9 cm³/mol. The van der Waals surface area contributed by atoms with Crippen LogP contribution in [0.3, 0.4) is 0 Å². The largest absolute Gasteiger partial charge is 1.00 e. The van der Waals surface area contributed by atoms with Gasteiger partial charge < -0.3 is 5.11 Å². The van der Waals surface area contributed by atoms with Gasteiger partial charge in [-0.2, -0.15) is 0 Å². The Morgan fingerprint density at radius 2 is 1.82 bits per heavy atom. The van der Waals surface area contributed by atoms with E-state index in [1.165, 1.54) is 6.42 Å². The number of piperidine rings is 1. The summed E-state index contributed by atoms with van der Waals surface area (Å²) in [4.78, 5) is 12.2. The fourth-order valence-electron chi connectivity index (χ4n) is 1.31. The number of hydrogen-bond donors (Lipinski definition) is 1. The van der Waals surface area contributed by atoms with Crippen LogP contribution in [0.1, 0.15) is 19.3 Å². The van der Waals surface area contributed by atoms with Gasteiger partial charge in [0, 0.05) is 0 Å². The number of carbonyl (C=O) groups is 1. The maximum Gasteiger partial charge on any atom is 1.00 e. The van der Waals surface area contributed by atoms with E-state index in [1.54, 1.807) is 0 Å². The SMILES string of the molecule is O=C(O)CN1CCCCC1.[Na+]. The predicted octanol–water partition coefficient (Wildman–Crippen LogP) is -2.44. The standard InChI is InChI=1S/C7H13NO2.Na/c9-7(10)6-8-4-2-1-3-5-8;/h1-6H2,(H,9,10);/q;+1. The Hall–Kier alpha value is 0.430. The molecule has 3 nitrogen and oxygen atoms in total. The van der Waals surface area contributed by atoms with Gasteiger partial charge in [-0.1, -0.05) is 6.42 Å². The van der Waals surface area contributed by atoms with E-state index in [-0.39, 0.29) is 36.1 Å². The van der Waals surface area contributed by atoms with E-state index in [0.717, 1.165) is 25.9 Å². The number of aliphatic carboxylic acids is 1. The number of rotatable bonds is 2. The van der Waals surface area contributed by atoms with Crippen molar-refractivity contribution in [1.82, 2.24) is 4.90 Å². The molecule has 0 saturated carbocycles. The molecule has 0 aliphatic carbocycles. The van der Waals surface area contributed by atoms with Crippen molar-refractivity contribution in [2.75, 3.05) is 19.6 Å². The van der Waals surface area contributed by atoms with E-state index in [0.29, 0.717) is 0 Å². The summed E-state index contributed by atoms with van der Waals surface area (Å²) in [7, 11) is 0. The van der Waals surface area contributed by atoms with E-state index < -0.39 is 5.97 Å². The molecule has 0 radical (unpaired) electrons. The topological polar surface area (TPSA) is 40.5 Å². The van der Waals surface area contributed by atoms with Gasteiger partial charge in [0.1, 0.15) is 0 Å². The summed E-state index contributed by atoms with van der Waals surface area (Å²) in [6.07, 6.45) is 3.58. The van der Waals surface area contributed by atoms with Gasteiger partial charge in [0.2, 0.25) is 0 Å². The molecule has 11 heavy (non-hydrogen) atoms. The smallest absolute Gasteiger partial charge is 0.480 e. The van der Waals surface area contributed by atoms with Crippen LogP contribution >= 0.6 is 0 Å². The Morgan fingerprint density at radius 1 is 1.27 bits per heavy atom. The number of likely N-dealkylation sites (tertiary alicyclic amines) is 1. The van der Waals surface area contributed by atoms with Crippen molar-refractivity contribution >= 4 is 5.97 Å². The third-order valence-electron chi connectivity index (χ3n) is 1.81. The molecule has 0 atom stereocenters. The van der Waals surface area contributed by atoms with Crippen molar-refractivity contribution in [3.63, 3.8) is 0 Å². The summed E-state index contributed by atoms with van der Waals surface area (Å²) in [5.41, 5.74) is 0. The Labute approximate surface area is 89.1 Å². The van der Waals surface area contributed by atoms with Crippen molar-refractivity contribution in [2.45, 2.75) is 19.3 Å². The van der Waals surface area contributed by atoms with E-state index in [4.69, 9.17) is 5.11 Å². The summed E-state index contributed by atoms with van der Waals surface area (Å²) < 4.78 is 0. The first-order chi connectivity index (χ1) is 4.79. The molecule has 0 unspecified atom stereocenters. The van der Waals surface area contributed by atoms with Gasteiger partial charge in [-0.15, -0.1) is 0 Å². The Balaban J connectivity index is 0.000001000. The maximum atomic E-state index is 10.2. The first-order valence-corrected chi connectivity index (χ1v) is 3.73. The molecule has 0 spiro atoms. The summed E-state index contributed by atoms with van der Waals surface area (Å²) in [6, 6.07) is 0. The molecule has 4 heteroatoms. The molecule has 0 aromatic rings. The van der Waals surface area contributed by atoms with Crippen LogP contribution in [0.5, 0.6) is 0 Å². The molecular formula is C7H13NNaO2+. The first kappa shape index (κ1) is 11.4. The molecular weight excluding hydrogens is 153 g/mol. The van der Waals surface area contributed by atoms with Gasteiger partial charge >= 0.3 is 35.5 Å². The second kappa shape index (κ2) is 6.00. The van der Waals surface area contributed by atoms with Gasteiger partial charge in [-0.05, 0) is 25.9 Å². The van der Waals surface area contributed by atoms with Crippen LogP contribution in [0.25, 0.3) is 0 Å². The summed E-state index contributed by atoms with van der Waals surface area (Å²) in [6.45, 7) is 2.15. The minimum atomic E-state index is -0.707. The fraction of sp³-hybridized carbons (Fsp3) is 0.857. The molecule has 58 valence electrons. The minimum Gasteiger partial charge on any atom is -0.480 e. The van der Waals surface area contributed by atoms with Crippen molar-refractivity contribution in [2.24, 2.45) is 0 Å². The molecule has 1 fully saturated rings. The average molecular weight is 166 g/mol. The van der Waals surface area contributed by atoms with Crippen LogP contribution in [0.2, 0.25) is 0 Å². The quantitative estimate of drug-likeness (QED) is 0.463. The number of carboxylic acid groups (broad SMARTS) is 1. The molecule has 1 saturated heterocycles. The third kappa shape index (κ3) is 4.80. The second-order valence-electron chi connectivity index (χ2n) is 2.73. The third-order valence-corrected chi connectivity index (χ3v) is 1.81. The monoisotopic (exact) mass is 166 g/mol. The molecule has 1 N–H and O–H groups in total. The first-order valence-electron chi connectivity index (χ1n) is 3.73. The van der Waals surface area contributed by atoms with Crippen molar-refractivity contribution < 1.29 is 39.5 Å². The van der Waals surface area contributed by atoms with Gasteiger partial charge in [0.25, 0.3) is 0 Å². The number of carboxylic acids is 1. The Morgan fingerprint density at radius 3 is 2.27 bits per heavy atom. The second-order valence-corrected chi connectivity index (χ2v) is 2.73. The normalized spacial score (nSPS) is 18.9. The summed E-state index contributed by atoms with van der Waals surface area (Å²) in [5.74, 6) is -0.707. The zero-order valence-corrected chi connectivity index (χ0v) is 9.05. The van der Waals surface area contributed by atoms with Crippen LogP contribution < -0.4 is 29.6 Å². The molecule has 0 amide bonds. The summed E-state index contributed by atoms with van der Waals surface area (Å²) in [5, 5.41) is 8.42. The van der Waals surface area contributed by atoms with Crippen molar-refractivity contribution in [3.05, 3.63) is 0 Å². The van der Waals surface area contributed by atoms with E-state index in [1.807, 2.05) is 4.90 Å². The molecule has 1 aliphatic rings. The molecule has 1 heterocycles. The minimum absolute atomic E-state index is 0. The molecule has 0 aromatic carbocycles. The van der Waals surface area contributed by atoms with Gasteiger partial charge in [0.05, 0.1) is 6.54 Å². The Bertz CT molecular complexity index is 124.